The average molecular weight is 156 g/mol. The first-order valence-corrected chi connectivity index (χ1v) is 3.88. The number of anilines is 1. The second-order valence-corrected chi connectivity index (χ2v) is 2.88. The highest BCUT2D eigenvalue weighted by molar-refractivity contribution is 6.37. The molecule has 58 valence electrons. The summed E-state index contributed by atoms with van der Waals surface area (Å²) >= 11 is 0. The number of hydrogen-bond donors (Lipinski definition) is 1. The number of hydrogen-bond acceptors (Lipinski definition) is 2. The summed E-state index contributed by atoms with van der Waals surface area (Å²) in [4.78, 5) is 4.20. The molecular weight excluding hydrogens is 147 g/mol. The third kappa shape index (κ3) is 1.03. The van der Waals surface area contributed by atoms with Gasteiger partial charge in [0, 0.05) is 17.5 Å². The van der Waals surface area contributed by atoms with E-state index in [1.165, 1.54) is 5.39 Å². The molecule has 2 N–H and O–H groups in total. The number of aromatic nitrogens is 1. The van der Waals surface area contributed by atoms with Crippen LogP contribution in [0.1, 0.15) is 0 Å². The Bertz CT molecular complexity index is 426. The molecule has 1 aromatic heterocycles. The van der Waals surface area contributed by atoms with Crippen molar-refractivity contribution in [1.29, 1.82) is 0 Å². The first-order chi connectivity index (χ1) is 5.77. The highest BCUT2D eigenvalue weighted by atomic mass is 14.6. The van der Waals surface area contributed by atoms with Crippen LogP contribution in [0.25, 0.3) is 10.8 Å². The van der Waals surface area contributed by atoms with E-state index in [1.807, 2.05) is 32.1 Å². The molecule has 0 aliphatic carbocycles. The van der Waals surface area contributed by atoms with Crippen molar-refractivity contribution in [3.8, 4) is 0 Å². The molecule has 0 atom stereocenters. The maximum absolute atomic E-state index is 5.65. The van der Waals surface area contributed by atoms with Gasteiger partial charge >= 0.3 is 0 Å². The quantitative estimate of drug-likeness (QED) is 0.433. The number of nitrogen functional groups attached to an aromatic ring is 1. The van der Waals surface area contributed by atoms with Crippen LogP contribution in [0, 0.1) is 0 Å². The van der Waals surface area contributed by atoms with Gasteiger partial charge in [-0.05, 0) is 29.0 Å². The molecule has 0 aliphatic rings. The van der Waals surface area contributed by atoms with E-state index in [2.05, 4.69) is 4.98 Å². The lowest BCUT2D eigenvalue weighted by Gasteiger charge is -2.01. The minimum atomic E-state index is 0.799. The van der Waals surface area contributed by atoms with E-state index >= 15 is 0 Å². The van der Waals surface area contributed by atoms with E-state index in [1.54, 1.807) is 6.20 Å². The zero-order valence-corrected chi connectivity index (χ0v) is 6.91. The molecule has 1 heterocycles. The van der Waals surface area contributed by atoms with Gasteiger partial charge in [-0.15, -0.1) is 0 Å². The highest BCUT2D eigenvalue weighted by Crippen LogP contribution is 2.13. The summed E-state index contributed by atoms with van der Waals surface area (Å²) in [5.74, 6) is 0. The van der Waals surface area contributed by atoms with Gasteiger partial charge in [-0.2, -0.15) is 0 Å². The van der Waals surface area contributed by atoms with Gasteiger partial charge in [0.05, 0.1) is 0 Å². The molecule has 2 nitrogen and oxygen atoms in total. The molecule has 0 radical (unpaired) electrons. The zero-order valence-electron chi connectivity index (χ0n) is 6.91. The molecule has 2 aromatic rings. The number of nitrogens with two attached hydrogens (primary N) is 1. The molecule has 1 aromatic carbocycles. The van der Waals surface area contributed by atoms with E-state index in [9.17, 15) is 0 Å². The smallest absolute Gasteiger partial charge is 0.164 e. The Morgan fingerprint density at radius 1 is 1.25 bits per heavy atom. The topological polar surface area (TPSA) is 38.9 Å². The van der Waals surface area contributed by atoms with Crippen LogP contribution in [0.4, 0.5) is 5.69 Å². The maximum atomic E-state index is 5.65. The lowest BCUT2D eigenvalue weighted by atomic mass is 9.97. The van der Waals surface area contributed by atoms with Crippen LogP contribution < -0.4 is 11.3 Å². The van der Waals surface area contributed by atoms with Gasteiger partial charge in [-0.25, -0.2) is 0 Å². The first-order valence-electron chi connectivity index (χ1n) is 3.88. The summed E-state index contributed by atoms with van der Waals surface area (Å²) < 4.78 is 0. The molecule has 0 saturated carbocycles. The van der Waals surface area contributed by atoms with Crippen LogP contribution >= 0.6 is 0 Å². The fraction of sp³-hybridized carbons (Fsp3) is 0. The maximum Gasteiger partial charge on any atom is 0.164 e. The molecule has 3 heteroatoms. The Kier molecular flexibility index (Phi) is 1.50. The van der Waals surface area contributed by atoms with Crippen LogP contribution in [-0.4, -0.2) is 12.8 Å². The SMILES string of the molecule is Bc1nccc2cc(N)ccc12. The van der Waals surface area contributed by atoms with E-state index in [-0.39, 0.29) is 0 Å². The summed E-state index contributed by atoms with van der Waals surface area (Å²) in [6, 6.07) is 7.84. The van der Waals surface area contributed by atoms with Gasteiger partial charge in [0.15, 0.2) is 7.85 Å². The third-order valence-corrected chi connectivity index (χ3v) is 1.99. The van der Waals surface area contributed by atoms with Crippen LogP contribution in [0.5, 0.6) is 0 Å². The fourth-order valence-corrected chi connectivity index (χ4v) is 1.35. The van der Waals surface area contributed by atoms with Crippen LogP contribution in [0.3, 0.4) is 0 Å². The third-order valence-electron chi connectivity index (χ3n) is 1.99. The summed E-state index contributed by atoms with van der Waals surface area (Å²) in [7, 11) is 2.00. The summed E-state index contributed by atoms with van der Waals surface area (Å²) in [6.45, 7) is 0. The number of fused-ring (bicyclic) bond motifs is 1. The van der Waals surface area contributed by atoms with E-state index < -0.39 is 0 Å². The largest absolute Gasteiger partial charge is 0.399 e. The zero-order chi connectivity index (χ0) is 8.55. The Labute approximate surface area is 71.8 Å². The fourth-order valence-electron chi connectivity index (χ4n) is 1.35. The number of pyridine rings is 1. The van der Waals surface area contributed by atoms with Gasteiger partial charge in [0.2, 0.25) is 0 Å². The van der Waals surface area contributed by atoms with Gasteiger partial charge in [-0.3, -0.25) is 4.98 Å². The minimum absolute atomic E-state index is 0.799. The highest BCUT2D eigenvalue weighted by Gasteiger charge is 1.96. The minimum Gasteiger partial charge on any atom is -0.399 e. The number of rotatable bonds is 0. The summed E-state index contributed by atoms with van der Waals surface area (Å²) in [5, 5.41) is 2.33. The lowest BCUT2D eigenvalue weighted by molar-refractivity contribution is 1.42. The molecular formula is C9H9BN2. The van der Waals surface area contributed by atoms with Gasteiger partial charge in [0.25, 0.3) is 0 Å². The average Bonchev–Trinajstić information content (AvgIpc) is 2.04. The number of nitrogens with zero attached hydrogens (tertiary/aromatic N) is 1. The van der Waals surface area contributed by atoms with Gasteiger partial charge in [0.1, 0.15) is 0 Å². The van der Waals surface area contributed by atoms with Crippen molar-refractivity contribution in [2.75, 3.05) is 5.73 Å². The molecule has 0 unspecified atom stereocenters. The van der Waals surface area contributed by atoms with Gasteiger partial charge in [-0.1, -0.05) is 6.07 Å². The molecule has 0 saturated heterocycles. The predicted octanol–water partition coefficient (Wildman–Crippen LogP) is 0.0754. The second-order valence-electron chi connectivity index (χ2n) is 2.88. The van der Waals surface area contributed by atoms with E-state index in [4.69, 9.17) is 5.73 Å². The Hall–Kier alpha value is -1.51. The Balaban J connectivity index is 2.86. The molecule has 0 bridgehead atoms. The normalized spacial score (nSPS) is 10.3. The van der Waals surface area contributed by atoms with Crippen molar-refractivity contribution in [2.45, 2.75) is 0 Å². The Morgan fingerprint density at radius 3 is 2.92 bits per heavy atom. The Morgan fingerprint density at radius 2 is 2.08 bits per heavy atom. The van der Waals surface area contributed by atoms with Crippen molar-refractivity contribution in [2.24, 2.45) is 0 Å². The van der Waals surface area contributed by atoms with E-state index in [0.29, 0.717) is 0 Å². The van der Waals surface area contributed by atoms with Crippen LogP contribution in [-0.2, 0) is 0 Å². The molecule has 0 fully saturated rings. The molecule has 0 spiro atoms. The molecule has 0 amide bonds. The lowest BCUT2D eigenvalue weighted by Crippen LogP contribution is -2.08. The van der Waals surface area contributed by atoms with Crippen molar-refractivity contribution in [3.05, 3.63) is 30.5 Å². The molecule has 12 heavy (non-hydrogen) atoms. The summed E-state index contributed by atoms with van der Waals surface area (Å²) in [6.07, 6.45) is 1.80. The first kappa shape index (κ1) is 7.16. The predicted molar refractivity (Wildman–Crippen MR) is 54.3 cm³/mol. The molecule has 0 aliphatic heterocycles. The van der Waals surface area contributed by atoms with Crippen molar-refractivity contribution >= 4 is 29.9 Å². The van der Waals surface area contributed by atoms with Gasteiger partial charge < -0.3 is 5.73 Å². The van der Waals surface area contributed by atoms with Crippen molar-refractivity contribution < 1.29 is 0 Å². The standard InChI is InChI=1S/C9H9BN2/c10-9-8-2-1-7(11)5-6(8)3-4-12-9/h1-5H,10-11H2. The van der Waals surface area contributed by atoms with Crippen molar-refractivity contribution in [1.82, 2.24) is 4.98 Å². The van der Waals surface area contributed by atoms with E-state index in [0.717, 1.165) is 16.7 Å². The molecule has 2 rings (SSSR count). The second kappa shape index (κ2) is 2.52. The monoisotopic (exact) mass is 156 g/mol. The summed E-state index contributed by atoms with van der Waals surface area (Å²) in [5.41, 5.74) is 7.50. The van der Waals surface area contributed by atoms with Crippen LogP contribution in [0.2, 0.25) is 0 Å². The van der Waals surface area contributed by atoms with Crippen molar-refractivity contribution in [3.63, 3.8) is 0 Å². The number of benzene rings is 1. The van der Waals surface area contributed by atoms with Crippen LogP contribution in [0.15, 0.2) is 30.5 Å².